The number of carbonyl (C=O) groups excluding carboxylic acids is 1. The fraction of sp³-hybridized carbons (Fsp3) is 0.188. The summed E-state index contributed by atoms with van der Waals surface area (Å²) in [4.78, 5) is 41.0. The van der Waals surface area contributed by atoms with Gasteiger partial charge in [-0.25, -0.2) is 24.0 Å². The van der Waals surface area contributed by atoms with Crippen molar-refractivity contribution in [3.63, 3.8) is 0 Å². The molecule has 0 radical (unpaired) electrons. The molecule has 12 heteroatoms. The Kier molecular flexibility index (Phi) is 5.69. The highest BCUT2D eigenvalue weighted by Crippen LogP contribution is 2.27. The van der Waals surface area contributed by atoms with E-state index < -0.39 is 51.2 Å². The van der Waals surface area contributed by atoms with Crippen LogP contribution in [-0.4, -0.2) is 15.1 Å². The van der Waals surface area contributed by atoms with Crippen LogP contribution in [0.5, 0.6) is 0 Å². The maximum absolute atomic E-state index is 14.3. The Morgan fingerprint density at radius 3 is 2.39 bits per heavy atom. The Morgan fingerprint density at radius 1 is 1.25 bits per heavy atom. The molecule has 0 aliphatic carbocycles. The van der Waals surface area contributed by atoms with Crippen LogP contribution < -0.4 is 16.7 Å². The van der Waals surface area contributed by atoms with Crippen molar-refractivity contribution >= 4 is 17.6 Å². The van der Waals surface area contributed by atoms with E-state index in [4.69, 9.17) is 11.6 Å². The van der Waals surface area contributed by atoms with E-state index in [0.29, 0.717) is 6.07 Å². The number of hydrogen-bond acceptors (Lipinski definition) is 5. The summed E-state index contributed by atoms with van der Waals surface area (Å²) in [5.74, 6) is -2.32. The second kappa shape index (κ2) is 7.50. The zero-order valence-electron chi connectivity index (χ0n) is 14.4. The SMILES string of the molecule is C=C(C)NOC(=O)c1cc(-n2c(=O)cc(C(F)(F)F)n(C)c2=O)c(F)cc1Cl. The van der Waals surface area contributed by atoms with E-state index in [1.165, 1.54) is 6.92 Å². The average Bonchev–Trinajstić information content (AvgIpc) is 2.56. The number of aromatic nitrogens is 2. The number of hydrogen-bond donors (Lipinski definition) is 1. The van der Waals surface area contributed by atoms with Crippen LogP contribution in [0.3, 0.4) is 0 Å². The molecular weight excluding hydrogens is 410 g/mol. The fourth-order valence-electron chi connectivity index (χ4n) is 2.17. The minimum absolute atomic E-state index is 0.135. The van der Waals surface area contributed by atoms with Crippen LogP contribution >= 0.6 is 11.6 Å². The number of nitrogens with zero attached hydrogens (tertiary/aromatic N) is 2. The third-order valence-electron chi connectivity index (χ3n) is 3.43. The molecule has 2 rings (SSSR count). The maximum atomic E-state index is 14.3. The number of alkyl halides is 3. The summed E-state index contributed by atoms with van der Waals surface area (Å²) in [7, 11) is 0.765. The van der Waals surface area contributed by atoms with Crippen molar-refractivity contribution in [3.8, 4) is 5.69 Å². The average molecular weight is 422 g/mol. The van der Waals surface area contributed by atoms with Gasteiger partial charge >= 0.3 is 17.8 Å². The molecule has 1 N–H and O–H groups in total. The standard InChI is InChI=1S/C16H12ClF4N3O4/c1-7(2)22-28-14(26)8-4-11(10(18)5-9(8)17)24-13(25)6-12(16(19,20)21)23(3)15(24)27/h4-6,22H,1H2,2-3H3. The second-order valence-electron chi connectivity index (χ2n) is 5.60. The minimum Gasteiger partial charge on any atom is -0.338 e. The summed E-state index contributed by atoms with van der Waals surface area (Å²) in [6.07, 6.45) is -4.98. The molecule has 0 aliphatic heterocycles. The first-order valence-corrected chi connectivity index (χ1v) is 7.74. The lowest BCUT2D eigenvalue weighted by atomic mass is 10.2. The molecule has 28 heavy (non-hydrogen) atoms. The van der Waals surface area contributed by atoms with Crippen LogP contribution in [0.2, 0.25) is 5.02 Å². The van der Waals surface area contributed by atoms with Gasteiger partial charge in [-0.3, -0.25) is 9.36 Å². The van der Waals surface area contributed by atoms with Gasteiger partial charge in [-0.05, 0) is 19.1 Å². The van der Waals surface area contributed by atoms with Crippen molar-refractivity contribution in [2.75, 3.05) is 0 Å². The molecule has 0 spiro atoms. The van der Waals surface area contributed by atoms with Gasteiger partial charge in [0.15, 0.2) is 0 Å². The molecule has 150 valence electrons. The highest BCUT2D eigenvalue weighted by Gasteiger charge is 2.35. The third kappa shape index (κ3) is 4.09. The quantitative estimate of drug-likeness (QED) is 0.606. The van der Waals surface area contributed by atoms with E-state index in [1.807, 2.05) is 0 Å². The van der Waals surface area contributed by atoms with Gasteiger partial charge in [-0.1, -0.05) is 18.2 Å². The van der Waals surface area contributed by atoms with Gasteiger partial charge in [0.2, 0.25) is 0 Å². The smallest absolute Gasteiger partial charge is 0.338 e. The molecule has 0 saturated carbocycles. The number of benzene rings is 1. The summed E-state index contributed by atoms with van der Waals surface area (Å²) in [5.41, 5.74) is -3.26. The Hall–Kier alpha value is -3.08. The summed E-state index contributed by atoms with van der Waals surface area (Å²) in [6, 6.07) is 1.48. The van der Waals surface area contributed by atoms with Gasteiger partial charge in [-0.2, -0.15) is 13.2 Å². The zero-order chi connectivity index (χ0) is 21.4. The number of hydroxylamine groups is 1. The summed E-state index contributed by atoms with van der Waals surface area (Å²) in [6.45, 7) is 4.89. The molecule has 1 aromatic heterocycles. The van der Waals surface area contributed by atoms with Crippen LogP contribution in [0.25, 0.3) is 5.69 Å². The van der Waals surface area contributed by atoms with Crippen LogP contribution in [0.4, 0.5) is 17.6 Å². The Morgan fingerprint density at radius 2 is 1.86 bits per heavy atom. The number of rotatable bonds is 4. The number of halogens is 5. The van der Waals surface area contributed by atoms with E-state index in [1.54, 1.807) is 0 Å². The largest absolute Gasteiger partial charge is 0.431 e. The van der Waals surface area contributed by atoms with Gasteiger partial charge in [0, 0.05) is 18.8 Å². The van der Waals surface area contributed by atoms with E-state index >= 15 is 0 Å². The van der Waals surface area contributed by atoms with Crippen molar-refractivity contribution < 1.29 is 27.2 Å². The van der Waals surface area contributed by atoms with Gasteiger partial charge < -0.3 is 4.84 Å². The minimum atomic E-state index is -4.98. The zero-order valence-corrected chi connectivity index (χ0v) is 15.1. The highest BCUT2D eigenvalue weighted by atomic mass is 35.5. The molecule has 1 aromatic carbocycles. The summed E-state index contributed by atoms with van der Waals surface area (Å²) >= 11 is 5.78. The molecule has 0 aliphatic rings. The van der Waals surface area contributed by atoms with Crippen molar-refractivity contribution in [3.05, 3.63) is 73.4 Å². The Labute approximate surface area is 159 Å². The first-order chi connectivity index (χ1) is 12.8. The molecule has 2 aromatic rings. The molecule has 0 amide bonds. The lowest BCUT2D eigenvalue weighted by molar-refractivity contribution is -0.144. The Balaban J connectivity index is 2.70. The molecular formula is C16H12ClF4N3O4. The van der Waals surface area contributed by atoms with Crippen LogP contribution in [0, 0.1) is 5.82 Å². The predicted octanol–water partition coefficient (Wildman–Crippen LogP) is 2.54. The maximum Gasteiger partial charge on any atom is 0.431 e. The normalized spacial score (nSPS) is 11.2. The molecule has 0 bridgehead atoms. The number of carbonyl (C=O) groups is 1. The first-order valence-electron chi connectivity index (χ1n) is 7.37. The van der Waals surface area contributed by atoms with Gasteiger partial charge in [0.1, 0.15) is 11.5 Å². The van der Waals surface area contributed by atoms with Gasteiger partial charge in [0.05, 0.1) is 16.3 Å². The predicted molar refractivity (Wildman–Crippen MR) is 90.6 cm³/mol. The van der Waals surface area contributed by atoms with Crippen LogP contribution in [0.1, 0.15) is 23.0 Å². The monoisotopic (exact) mass is 421 g/mol. The molecule has 0 saturated heterocycles. The van der Waals surface area contributed by atoms with Gasteiger partial charge in [-0.15, -0.1) is 0 Å². The fourth-order valence-corrected chi connectivity index (χ4v) is 2.40. The van der Waals surface area contributed by atoms with Crippen LogP contribution in [-0.2, 0) is 18.1 Å². The molecule has 0 atom stereocenters. The van der Waals surface area contributed by atoms with E-state index in [-0.39, 0.29) is 20.9 Å². The molecule has 1 heterocycles. The first kappa shape index (κ1) is 21.2. The number of nitrogens with one attached hydrogen (secondary N) is 1. The second-order valence-corrected chi connectivity index (χ2v) is 6.01. The topological polar surface area (TPSA) is 82.3 Å². The van der Waals surface area contributed by atoms with E-state index in [9.17, 15) is 31.9 Å². The Bertz CT molecular complexity index is 1090. The molecule has 0 unspecified atom stereocenters. The van der Waals surface area contributed by atoms with Crippen molar-refractivity contribution in [1.82, 2.24) is 14.6 Å². The van der Waals surface area contributed by atoms with Crippen molar-refractivity contribution in [2.45, 2.75) is 13.1 Å². The molecule has 0 fully saturated rings. The van der Waals surface area contributed by atoms with Gasteiger partial charge in [0.25, 0.3) is 5.56 Å². The number of allylic oxidation sites excluding steroid dienone is 1. The third-order valence-corrected chi connectivity index (χ3v) is 3.74. The van der Waals surface area contributed by atoms with E-state index in [2.05, 4.69) is 16.9 Å². The highest BCUT2D eigenvalue weighted by molar-refractivity contribution is 6.33. The summed E-state index contributed by atoms with van der Waals surface area (Å²) in [5, 5.41) is -0.411. The lowest BCUT2D eigenvalue weighted by Gasteiger charge is -2.15. The van der Waals surface area contributed by atoms with E-state index in [0.717, 1.165) is 13.1 Å². The molecule has 7 nitrogen and oxygen atoms in total. The lowest BCUT2D eigenvalue weighted by Crippen LogP contribution is -2.41. The summed E-state index contributed by atoms with van der Waals surface area (Å²) < 4.78 is 53.4. The van der Waals surface area contributed by atoms with Crippen molar-refractivity contribution in [1.29, 1.82) is 0 Å². The van der Waals surface area contributed by atoms with Crippen molar-refractivity contribution in [2.24, 2.45) is 7.05 Å². The van der Waals surface area contributed by atoms with Crippen LogP contribution in [0.15, 0.2) is 40.1 Å².